The van der Waals surface area contributed by atoms with Gasteiger partial charge in [0.2, 0.25) is 5.91 Å². The van der Waals surface area contributed by atoms with Gasteiger partial charge in [-0.2, -0.15) is 0 Å². The van der Waals surface area contributed by atoms with Gasteiger partial charge in [0.1, 0.15) is 17.5 Å². The Morgan fingerprint density at radius 2 is 1.95 bits per heavy atom. The number of ether oxygens (including phenoxy) is 2. The van der Waals surface area contributed by atoms with E-state index in [1.165, 1.54) is 20.3 Å². The lowest BCUT2D eigenvalue weighted by molar-refractivity contribution is -0.122. The molecule has 0 radical (unpaired) electrons. The quantitative estimate of drug-likeness (QED) is 0.665. The smallest absolute Gasteiger partial charge is 0.254 e. The molecule has 2 amide bonds. The van der Waals surface area contributed by atoms with Crippen molar-refractivity contribution < 1.29 is 19.1 Å². The summed E-state index contributed by atoms with van der Waals surface area (Å²) in [6.45, 7) is 3.89. The summed E-state index contributed by atoms with van der Waals surface area (Å²) in [5.41, 5.74) is 6.28. The van der Waals surface area contributed by atoms with Crippen LogP contribution < -0.4 is 25.8 Å². The Bertz CT molecular complexity index is 531. The van der Waals surface area contributed by atoms with Crippen molar-refractivity contribution in [3.8, 4) is 11.5 Å². The zero-order valence-electron chi connectivity index (χ0n) is 12.6. The highest BCUT2D eigenvalue weighted by Gasteiger charge is 2.20. The maximum atomic E-state index is 12.2. The second-order valence-corrected chi connectivity index (χ2v) is 4.38. The third-order valence-electron chi connectivity index (χ3n) is 2.91. The fourth-order valence-corrected chi connectivity index (χ4v) is 1.74. The molecule has 0 aliphatic carbocycles. The second-order valence-electron chi connectivity index (χ2n) is 4.38. The summed E-state index contributed by atoms with van der Waals surface area (Å²) in [5.74, 6) is 0.0461. The lowest BCUT2D eigenvalue weighted by Gasteiger charge is -2.16. The van der Waals surface area contributed by atoms with Crippen LogP contribution in [0.4, 0.5) is 5.69 Å². The minimum absolute atomic E-state index is 0.193. The molecule has 0 saturated carbocycles. The number of methoxy groups -OCH3 is 2. The fraction of sp³-hybridized carbons (Fsp3) is 0.429. The van der Waals surface area contributed by atoms with Crippen LogP contribution in [0.15, 0.2) is 12.1 Å². The number of hydrogen-bond donors (Lipinski definition) is 3. The minimum atomic E-state index is -0.672. The lowest BCUT2D eigenvalue weighted by atomic mass is 10.1. The maximum Gasteiger partial charge on any atom is 0.254 e. The van der Waals surface area contributed by atoms with E-state index in [9.17, 15) is 9.59 Å². The number of carbonyl (C=O) groups is 2. The molecule has 21 heavy (non-hydrogen) atoms. The van der Waals surface area contributed by atoms with Crippen LogP contribution >= 0.6 is 0 Å². The van der Waals surface area contributed by atoms with Crippen LogP contribution in [0.5, 0.6) is 11.5 Å². The molecular weight excluding hydrogens is 274 g/mol. The van der Waals surface area contributed by atoms with E-state index in [-0.39, 0.29) is 17.2 Å². The Balaban J connectivity index is 2.99. The highest BCUT2D eigenvalue weighted by molar-refractivity contribution is 6.02. The van der Waals surface area contributed by atoms with Crippen LogP contribution in [0.1, 0.15) is 24.2 Å². The summed E-state index contributed by atoms with van der Waals surface area (Å²) in [6, 6.07) is 2.41. The lowest BCUT2D eigenvalue weighted by Crippen LogP contribution is -2.44. The number of benzene rings is 1. The van der Waals surface area contributed by atoms with Crippen molar-refractivity contribution in [2.45, 2.75) is 19.9 Å². The van der Waals surface area contributed by atoms with Gasteiger partial charge in [-0.25, -0.2) is 0 Å². The average Bonchev–Trinajstić information content (AvgIpc) is 2.47. The normalized spacial score (nSPS) is 11.4. The van der Waals surface area contributed by atoms with E-state index in [0.717, 1.165) is 0 Å². The summed E-state index contributed by atoms with van der Waals surface area (Å²) >= 11 is 0. The minimum Gasteiger partial charge on any atom is -0.497 e. The van der Waals surface area contributed by atoms with Gasteiger partial charge in [-0.3, -0.25) is 9.59 Å². The van der Waals surface area contributed by atoms with E-state index in [2.05, 4.69) is 10.6 Å². The standard InChI is InChI=1S/C14H21N3O4/c1-5-16-13(18)8(2)17-14(19)10-6-9(20-3)7-11(21-4)12(10)15/h6-8H,5,15H2,1-4H3,(H,16,18)(H,17,19). The van der Waals surface area contributed by atoms with E-state index >= 15 is 0 Å². The molecule has 0 aliphatic heterocycles. The number of carbonyl (C=O) groups excluding carboxylic acids is 2. The van der Waals surface area contributed by atoms with Crippen molar-refractivity contribution >= 4 is 17.5 Å². The number of amides is 2. The van der Waals surface area contributed by atoms with E-state index < -0.39 is 11.9 Å². The van der Waals surface area contributed by atoms with Gasteiger partial charge in [0.15, 0.2) is 0 Å². The fourth-order valence-electron chi connectivity index (χ4n) is 1.74. The number of hydrogen-bond acceptors (Lipinski definition) is 5. The third kappa shape index (κ3) is 4.01. The summed E-state index contributed by atoms with van der Waals surface area (Å²) in [5, 5.41) is 5.21. The first kappa shape index (κ1) is 16.6. The van der Waals surface area contributed by atoms with Crippen molar-refractivity contribution in [3.63, 3.8) is 0 Å². The van der Waals surface area contributed by atoms with Gasteiger partial charge in [0.25, 0.3) is 5.91 Å². The van der Waals surface area contributed by atoms with Crippen molar-refractivity contribution in [1.29, 1.82) is 0 Å². The molecule has 116 valence electrons. The molecule has 7 heteroatoms. The molecule has 4 N–H and O–H groups in total. The largest absolute Gasteiger partial charge is 0.497 e. The number of anilines is 1. The molecule has 0 spiro atoms. The van der Waals surface area contributed by atoms with E-state index in [1.807, 2.05) is 0 Å². The molecule has 1 atom stereocenters. The van der Waals surface area contributed by atoms with Gasteiger partial charge in [-0.15, -0.1) is 0 Å². The molecule has 1 aromatic carbocycles. The summed E-state index contributed by atoms with van der Waals surface area (Å²) in [7, 11) is 2.92. The molecule has 0 saturated heterocycles. The topological polar surface area (TPSA) is 103 Å². The van der Waals surface area contributed by atoms with Gasteiger partial charge in [0.05, 0.1) is 25.5 Å². The number of nitrogen functional groups attached to an aromatic ring is 1. The van der Waals surface area contributed by atoms with Crippen LogP contribution in [0.2, 0.25) is 0 Å². The molecule has 0 heterocycles. The van der Waals surface area contributed by atoms with Crippen LogP contribution in [0.25, 0.3) is 0 Å². The van der Waals surface area contributed by atoms with Crippen molar-refractivity contribution in [3.05, 3.63) is 17.7 Å². The average molecular weight is 295 g/mol. The molecule has 0 fully saturated rings. The van der Waals surface area contributed by atoms with Crippen LogP contribution in [-0.4, -0.2) is 38.6 Å². The molecular formula is C14H21N3O4. The van der Waals surface area contributed by atoms with Crippen molar-refractivity contribution in [2.24, 2.45) is 0 Å². The predicted molar refractivity (Wildman–Crippen MR) is 79.6 cm³/mol. The first-order valence-corrected chi connectivity index (χ1v) is 6.54. The first-order chi connectivity index (χ1) is 9.94. The van der Waals surface area contributed by atoms with E-state index in [4.69, 9.17) is 15.2 Å². The number of rotatable bonds is 6. The van der Waals surface area contributed by atoms with Crippen LogP contribution in [0, 0.1) is 0 Å². The van der Waals surface area contributed by atoms with Gasteiger partial charge in [-0.05, 0) is 19.9 Å². The Kier molecular flexibility index (Phi) is 5.83. The summed E-state index contributed by atoms with van der Waals surface area (Å²) < 4.78 is 10.2. The van der Waals surface area contributed by atoms with Gasteiger partial charge >= 0.3 is 0 Å². The zero-order chi connectivity index (χ0) is 16.0. The molecule has 1 unspecified atom stereocenters. The molecule has 1 rings (SSSR count). The molecule has 1 aromatic rings. The Labute approximate surface area is 123 Å². The first-order valence-electron chi connectivity index (χ1n) is 6.54. The molecule has 7 nitrogen and oxygen atoms in total. The Hall–Kier alpha value is -2.44. The van der Waals surface area contributed by atoms with Crippen LogP contribution in [-0.2, 0) is 4.79 Å². The maximum absolute atomic E-state index is 12.2. The van der Waals surface area contributed by atoms with Gasteiger partial charge in [-0.1, -0.05) is 0 Å². The summed E-state index contributed by atoms with van der Waals surface area (Å²) in [6.07, 6.45) is 0. The van der Waals surface area contributed by atoms with Crippen molar-refractivity contribution in [1.82, 2.24) is 10.6 Å². The predicted octanol–water partition coefficient (Wildman–Crippen LogP) is 0.540. The van der Waals surface area contributed by atoms with E-state index in [1.54, 1.807) is 19.9 Å². The Morgan fingerprint density at radius 3 is 2.48 bits per heavy atom. The summed E-state index contributed by atoms with van der Waals surface area (Å²) in [4.78, 5) is 23.9. The molecule has 0 aromatic heterocycles. The van der Waals surface area contributed by atoms with Gasteiger partial charge < -0.3 is 25.8 Å². The Morgan fingerprint density at radius 1 is 1.29 bits per heavy atom. The number of likely N-dealkylation sites (N-methyl/N-ethyl adjacent to an activating group) is 1. The molecule has 0 bridgehead atoms. The van der Waals surface area contributed by atoms with Crippen molar-refractivity contribution in [2.75, 3.05) is 26.5 Å². The van der Waals surface area contributed by atoms with E-state index in [0.29, 0.717) is 18.0 Å². The highest BCUT2D eigenvalue weighted by Crippen LogP contribution is 2.30. The zero-order valence-corrected chi connectivity index (χ0v) is 12.6. The highest BCUT2D eigenvalue weighted by atomic mass is 16.5. The number of nitrogens with one attached hydrogen (secondary N) is 2. The number of nitrogens with two attached hydrogens (primary N) is 1. The third-order valence-corrected chi connectivity index (χ3v) is 2.91. The van der Waals surface area contributed by atoms with Crippen LogP contribution in [0.3, 0.4) is 0 Å². The monoisotopic (exact) mass is 295 g/mol. The SMILES string of the molecule is CCNC(=O)C(C)NC(=O)c1cc(OC)cc(OC)c1N. The second kappa shape index (κ2) is 7.37. The van der Waals surface area contributed by atoms with Gasteiger partial charge in [0, 0.05) is 12.6 Å². The molecule has 0 aliphatic rings.